The smallest absolute Gasteiger partial charge is 0.321 e. The quantitative estimate of drug-likeness (QED) is 0.456. The Morgan fingerprint density at radius 2 is 1.76 bits per heavy atom. The van der Waals surface area contributed by atoms with Crippen LogP contribution >= 0.6 is 0 Å². The molecule has 0 N–H and O–H groups in total. The molecule has 2 aromatic rings. The maximum atomic E-state index is 13.0. The number of halogens is 1. The molecule has 0 spiro atoms. The minimum Gasteiger partial charge on any atom is -0.490 e. The van der Waals surface area contributed by atoms with Crippen LogP contribution in [0.4, 0.5) is 4.39 Å². The van der Waals surface area contributed by atoms with Crippen LogP contribution in [0.25, 0.3) is 0 Å². The second-order valence-corrected chi connectivity index (χ2v) is 9.00. The van der Waals surface area contributed by atoms with E-state index < -0.39 is 28.4 Å². The first-order valence-corrected chi connectivity index (χ1v) is 10.7. The van der Waals surface area contributed by atoms with Gasteiger partial charge in [0.05, 0.1) is 4.90 Å². The molecule has 2 aromatic carbocycles. The number of rotatable bonds is 9. The molecule has 29 heavy (non-hydrogen) atoms. The molecule has 2 rings (SSSR count). The number of benzene rings is 2. The normalized spacial score (nSPS) is 11.7. The average Bonchev–Trinajstić information content (AvgIpc) is 2.65. The van der Waals surface area contributed by atoms with Crippen LogP contribution in [0.1, 0.15) is 30.9 Å². The average molecular weight is 424 g/mol. The highest BCUT2D eigenvalue weighted by Crippen LogP contribution is 2.23. The first-order chi connectivity index (χ1) is 13.6. The highest BCUT2D eigenvalue weighted by Gasteiger charge is 2.23. The Hall–Kier alpha value is -2.45. The van der Waals surface area contributed by atoms with Gasteiger partial charge in [-0.1, -0.05) is 19.9 Å². The lowest BCUT2D eigenvalue weighted by molar-refractivity contribution is -0.144. The van der Waals surface area contributed by atoms with E-state index in [0.717, 1.165) is 34.1 Å². The maximum absolute atomic E-state index is 13.0. The van der Waals surface area contributed by atoms with Gasteiger partial charge in [0.2, 0.25) is 10.0 Å². The number of sulfonamides is 1. The molecule has 0 aromatic heterocycles. The molecule has 0 aliphatic carbocycles. The largest absolute Gasteiger partial charge is 0.490 e. The van der Waals surface area contributed by atoms with Crippen molar-refractivity contribution < 1.29 is 27.1 Å². The number of hydrogen-bond donors (Lipinski definition) is 0. The van der Waals surface area contributed by atoms with Crippen molar-refractivity contribution in [2.45, 2.75) is 31.6 Å². The number of carbonyl (C=O) groups is 1. The molecule has 0 unspecified atom stereocenters. The maximum Gasteiger partial charge on any atom is 0.321 e. The summed E-state index contributed by atoms with van der Waals surface area (Å²) in [6, 6.07) is 10.2. The first-order valence-electron chi connectivity index (χ1n) is 9.22. The standard InChI is InChI=1S/C21H26FNO5S/c1-15(2)20-10-7-18(13-16(20)3)27-11-12-28-21(24)14-23(4)29(25,26)19-8-5-17(22)6-9-19/h5-10,13,15H,11-12,14H2,1-4H3. The topological polar surface area (TPSA) is 72.9 Å². The molecule has 0 aliphatic heterocycles. The highest BCUT2D eigenvalue weighted by molar-refractivity contribution is 7.89. The first kappa shape index (κ1) is 22.8. The number of aryl methyl sites for hydroxylation is 1. The van der Waals surface area contributed by atoms with Crippen LogP contribution in [0, 0.1) is 12.7 Å². The lowest BCUT2D eigenvalue weighted by atomic mass is 9.98. The number of esters is 1. The van der Waals surface area contributed by atoms with Gasteiger partial charge in [0.1, 0.15) is 31.3 Å². The third-order valence-electron chi connectivity index (χ3n) is 4.35. The molecule has 0 fully saturated rings. The summed E-state index contributed by atoms with van der Waals surface area (Å²) < 4.78 is 49.2. The molecular formula is C21H26FNO5S. The predicted octanol–water partition coefficient (Wildman–Crippen LogP) is 3.50. The second kappa shape index (κ2) is 9.84. The zero-order valence-corrected chi connectivity index (χ0v) is 17.8. The van der Waals surface area contributed by atoms with Crippen molar-refractivity contribution >= 4 is 16.0 Å². The lowest BCUT2D eigenvalue weighted by Gasteiger charge is -2.16. The van der Waals surface area contributed by atoms with Gasteiger partial charge in [-0.3, -0.25) is 4.79 Å². The summed E-state index contributed by atoms with van der Waals surface area (Å²) in [5.74, 6) is -0.139. The molecule has 6 nitrogen and oxygen atoms in total. The van der Waals surface area contributed by atoms with Crippen molar-refractivity contribution in [2.24, 2.45) is 0 Å². The van der Waals surface area contributed by atoms with Crippen molar-refractivity contribution in [1.82, 2.24) is 4.31 Å². The number of likely N-dealkylation sites (N-methyl/N-ethyl adjacent to an activating group) is 1. The van der Waals surface area contributed by atoms with Gasteiger partial charge in [-0.2, -0.15) is 4.31 Å². The summed E-state index contributed by atoms with van der Waals surface area (Å²) >= 11 is 0. The van der Waals surface area contributed by atoms with Crippen molar-refractivity contribution in [2.75, 3.05) is 26.8 Å². The van der Waals surface area contributed by atoms with E-state index in [9.17, 15) is 17.6 Å². The van der Waals surface area contributed by atoms with Gasteiger partial charge in [0.25, 0.3) is 0 Å². The zero-order chi connectivity index (χ0) is 21.6. The van der Waals surface area contributed by atoms with Crippen LogP contribution in [-0.4, -0.2) is 45.5 Å². The van der Waals surface area contributed by atoms with E-state index in [1.807, 2.05) is 25.1 Å². The van der Waals surface area contributed by atoms with Gasteiger partial charge in [-0.25, -0.2) is 12.8 Å². The van der Waals surface area contributed by atoms with Crippen LogP contribution in [0.2, 0.25) is 0 Å². The monoisotopic (exact) mass is 423 g/mol. The van der Waals surface area contributed by atoms with Gasteiger partial charge in [0, 0.05) is 7.05 Å². The van der Waals surface area contributed by atoms with E-state index in [4.69, 9.17) is 9.47 Å². The molecule has 0 aliphatic rings. The number of ether oxygens (including phenoxy) is 2. The molecule has 8 heteroatoms. The van der Waals surface area contributed by atoms with Crippen molar-refractivity contribution in [3.63, 3.8) is 0 Å². The van der Waals surface area contributed by atoms with Gasteiger partial charge < -0.3 is 9.47 Å². The van der Waals surface area contributed by atoms with Gasteiger partial charge in [-0.05, 0) is 60.4 Å². The van der Waals surface area contributed by atoms with E-state index in [0.29, 0.717) is 11.7 Å². The Balaban J connectivity index is 1.81. The third-order valence-corrected chi connectivity index (χ3v) is 6.17. The van der Waals surface area contributed by atoms with Crippen LogP contribution in [0.15, 0.2) is 47.4 Å². The fourth-order valence-electron chi connectivity index (χ4n) is 2.80. The van der Waals surface area contributed by atoms with Gasteiger partial charge >= 0.3 is 5.97 Å². The minimum absolute atomic E-state index is 0.00571. The minimum atomic E-state index is -3.91. The van der Waals surface area contributed by atoms with Crippen molar-refractivity contribution in [3.8, 4) is 5.75 Å². The summed E-state index contributed by atoms with van der Waals surface area (Å²) in [5.41, 5.74) is 2.37. The molecule has 0 atom stereocenters. The van der Waals surface area contributed by atoms with E-state index >= 15 is 0 Å². The van der Waals surface area contributed by atoms with E-state index in [2.05, 4.69) is 13.8 Å². The van der Waals surface area contributed by atoms with Crippen LogP contribution < -0.4 is 4.74 Å². The Morgan fingerprint density at radius 3 is 2.34 bits per heavy atom. The summed E-state index contributed by atoms with van der Waals surface area (Å²) in [7, 11) is -2.65. The molecule has 0 saturated carbocycles. The summed E-state index contributed by atoms with van der Waals surface area (Å²) in [4.78, 5) is 11.8. The van der Waals surface area contributed by atoms with Gasteiger partial charge in [-0.15, -0.1) is 0 Å². The fourth-order valence-corrected chi connectivity index (χ4v) is 3.92. The lowest BCUT2D eigenvalue weighted by Crippen LogP contribution is -2.33. The molecule has 0 saturated heterocycles. The Kier molecular flexibility index (Phi) is 7.75. The molecule has 158 valence electrons. The number of carbonyl (C=O) groups excluding carboxylic acids is 1. The number of hydrogen-bond acceptors (Lipinski definition) is 5. The summed E-state index contributed by atoms with van der Waals surface area (Å²) in [6.45, 7) is 5.95. The molecular weight excluding hydrogens is 397 g/mol. The van der Waals surface area contributed by atoms with E-state index in [-0.39, 0.29) is 18.1 Å². The summed E-state index contributed by atoms with van der Waals surface area (Å²) in [5, 5.41) is 0. The van der Waals surface area contributed by atoms with Crippen LogP contribution in [-0.2, 0) is 19.6 Å². The van der Waals surface area contributed by atoms with Crippen LogP contribution in [0.5, 0.6) is 5.75 Å². The highest BCUT2D eigenvalue weighted by atomic mass is 32.2. The second-order valence-electron chi connectivity index (χ2n) is 6.96. The van der Waals surface area contributed by atoms with Crippen LogP contribution in [0.3, 0.4) is 0 Å². The number of nitrogens with zero attached hydrogens (tertiary/aromatic N) is 1. The van der Waals surface area contributed by atoms with Crippen molar-refractivity contribution in [1.29, 1.82) is 0 Å². The van der Waals surface area contributed by atoms with Crippen molar-refractivity contribution in [3.05, 3.63) is 59.4 Å². The molecule has 0 heterocycles. The molecule has 0 bridgehead atoms. The Labute approximate surface area is 171 Å². The molecule has 0 radical (unpaired) electrons. The summed E-state index contributed by atoms with van der Waals surface area (Å²) in [6.07, 6.45) is 0. The SMILES string of the molecule is Cc1cc(OCCOC(=O)CN(C)S(=O)(=O)c2ccc(F)cc2)ccc1C(C)C. The Bertz CT molecular complexity index is 942. The predicted molar refractivity (Wildman–Crippen MR) is 108 cm³/mol. The Morgan fingerprint density at radius 1 is 1.10 bits per heavy atom. The fraction of sp³-hybridized carbons (Fsp3) is 0.381. The molecule has 0 amide bonds. The van der Waals surface area contributed by atoms with Gasteiger partial charge in [0.15, 0.2) is 0 Å². The van der Waals surface area contributed by atoms with E-state index in [1.165, 1.54) is 12.6 Å². The third kappa shape index (κ3) is 6.27. The van der Waals surface area contributed by atoms with E-state index in [1.54, 1.807) is 0 Å². The zero-order valence-electron chi connectivity index (χ0n) is 17.0.